The van der Waals surface area contributed by atoms with E-state index in [4.69, 9.17) is 5.73 Å². The molecule has 0 aliphatic heterocycles. The van der Waals surface area contributed by atoms with E-state index >= 15 is 0 Å². The number of carbonyl (C=O) groups excluding carboxylic acids is 2. The van der Waals surface area contributed by atoms with Crippen LogP contribution >= 0.6 is 0 Å². The molecule has 1 saturated carbocycles. The Morgan fingerprint density at radius 2 is 1.84 bits per heavy atom. The lowest BCUT2D eigenvalue weighted by atomic mass is 10.1. The predicted octanol–water partition coefficient (Wildman–Crippen LogP) is 4.27. The molecule has 2 amide bonds. The zero-order valence-electron chi connectivity index (χ0n) is 21.5. The molecule has 196 valence electrons. The number of pyridine rings is 1. The van der Waals surface area contributed by atoms with Gasteiger partial charge in [-0.3, -0.25) is 19.3 Å². The van der Waals surface area contributed by atoms with Crippen LogP contribution in [0.2, 0.25) is 0 Å². The van der Waals surface area contributed by atoms with Crippen LogP contribution in [0.5, 0.6) is 0 Å². The molecule has 1 aromatic carbocycles. The summed E-state index contributed by atoms with van der Waals surface area (Å²) in [4.78, 5) is 36.4. The van der Waals surface area contributed by atoms with Crippen LogP contribution in [0, 0.1) is 5.92 Å². The Morgan fingerprint density at radius 3 is 2.55 bits per heavy atom. The van der Waals surface area contributed by atoms with Gasteiger partial charge in [-0.05, 0) is 54.5 Å². The molecule has 4 aromatic rings. The first-order chi connectivity index (χ1) is 18.5. The molecule has 1 aliphatic carbocycles. The van der Waals surface area contributed by atoms with Crippen LogP contribution in [0.1, 0.15) is 61.9 Å². The number of imidazole rings is 1. The molecule has 3 atom stereocenters. The van der Waals surface area contributed by atoms with E-state index in [0.29, 0.717) is 6.42 Å². The van der Waals surface area contributed by atoms with E-state index in [0.717, 1.165) is 66.0 Å². The van der Waals surface area contributed by atoms with E-state index in [2.05, 4.69) is 25.4 Å². The smallest absolute Gasteiger partial charge is 0.224 e. The number of unbranched alkanes of at least 4 members (excludes halogenated alkanes) is 2. The number of benzene rings is 1. The highest BCUT2D eigenvalue weighted by Gasteiger charge is 2.44. The number of primary amides is 1. The number of nitrogens with two attached hydrogens (primary N) is 1. The summed E-state index contributed by atoms with van der Waals surface area (Å²) in [6, 6.07) is 13.9. The second kappa shape index (κ2) is 11.4. The fourth-order valence-electron chi connectivity index (χ4n) is 4.89. The lowest BCUT2D eigenvalue weighted by Gasteiger charge is -2.17. The number of hydrogen-bond donors (Lipinski definition) is 3. The average Bonchev–Trinajstić information content (AvgIpc) is 3.36. The van der Waals surface area contributed by atoms with Crippen molar-refractivity contribution in [1.82, 2.24) is 30.0 Å². The van der Waals surface area contributed by atoms with E-state index in [-0.39, 0.29) is 29.7 Å². The van der Waals surface area contributed by atoms with E-state index in [1.165, 1.54) is 0 Å². The molecule has 0 saturated heterocycles. The Labute approximate surface area is 221 Å². The number of carbonyl (C=O) groups is 2. The number of rotatable bonds is 12. The number of aryl methyl sites for hydroxylation is 1. The number of hydrogen-bond acceptors (Lipinski definition) is 5. The number of nitrogens with one attached hydrogen (secondary N) is 2. The molecule has 3 aromatic heterocycles. The van der Waals surface area contributed by atoms with Crippen molar-refractivity contribution in [1.29, 1.82) is 0 Å². The van der Waals surface area contributed by atoms with Crippen LogP contribution in [-0.4, -0.2) is 36.5 Å². The van der Waals surface area contributed by atoms with Gasteiger partial charge in [-0.1, -0.05) is 37.1 Å². The highest BCUT2D eigenvalue weighted by Crippen LogP contribution is 2.47. The second-order valence-electron chi connectivity index (χ2n) is 9.99. The monoisotopic (exact) mass is 511 g/mol. The van der Waals surface area contributed by atoms with Gasteiger partial charge in [-0.15, -0.1) is 0 Å². The lowest BCUT2D eigenvalue weighted by molar-refractivity contribution is -0.123. The largest absolute Gasteiger partial charge is 0.370 e. The summed E-state index contributed by atoms with van der Waals surface area (Å²) in [5, 5.41) is 7.70. The third-order valence-electron chi connectivity index (χ3n) is 7.12. The third-order valence-corrected chi connectivity index (χ3v) is 7.12. The summed E-state index contributed by atoms with van der Waals surface area (Å²) >= 11 is 0. The minimum Gasteiger partial charge on any atom is -0.370 e. The fraction of sp³-hybridized carbons (Fsp3) is 0.345. The van der Waals surface area contributed by atoms with Gasteiger partial charge in [0, 0.05) is 43.5 Å². The van der Waals surface area contributed by atoms with Gasteiger partial charge in [0.05, 0.1) is 23.6 Å². The quantitative estimate of drug-likeness (QED) is 0.244. The van der Waals surface area contributed by atoms with Gasteiger partial charge >= 0.3 is 0 Å². The Balaban J connectivity index is 1.27. The normalized spacial score (nSPS) is 17.2. The number of nitrogens with zero attached hydrogens (tertiary/aromatic N) is 4. The van der Waals surface area contributed by atoms with E-state index in [9.17, 15) is 9.59 Å². The molecule has 9 nitrogen and oxygen atoms in total. The molecule has 1 fully saturated rings. The van der Waals surface area contributed by atoms with Crippen molar-refractivity contribution in [3.63, 3.8) is 0 Å². The predicted molar refractivity (Wildman–Crippen MR) is 144 cm³/mol. The van der Waals surface area contributed by atoms with Crippen LogP contribution in [0.3, 0.4) is 0 Å². The van der Waals surface area contributed by atoms with Crippen LogP contribution in [0.25, 0.3) is 22.5 Å². The van der Waals surface area contributed by atoms with E-state index < -0.39 is 0 Å². The van der Waals surface area contributed by atoms with Crippen molar-refractivity contribution in [3.8, 4) is 22.5 Å². The minimum absolute atomic E-state index is 0.0386. The minimum atomic E-state index is -0.282. The first-order valence-electron chi connectivity index (χ1n) is 13.1. The molecule has 2 unspecified atom stereocenters. The van der Waals surface area contributed by atoms with Gasteiger partial charge in [0.2, 0.25) is 11.8 Å². The Kier molecular flexibility index (Phi) is 7.62. The molecule has 5 rings (SSSR count). The summed E-state index contributed by atoms with van der Waals surface area (Å²) < 4.78 is 1.79. The van der Waals surface area contributed by atoms with Crippen molar-refractivity contribution in [2.45, 2.75) is 50.5 Å². The summed E-state index contributed by atoms with van der Waals surface area (Å²) in [5.74, 6) is 0.697. The molecule has 4 N–H and O–H groups in total. The summed E-state index contributed by atoms with van der Waals surface area (Å²) in [6.45, 7) is 0. The number of H-pyrrole nitrogens is 1. The maximum absolute atomic E-state index is 13.2. The molecule has 3 heterocycles. The Hall–Kier alpha value is -4.27. The van der Waals surface area contributed by atoms with Gasteiger partial charge in [0.1, 0.15) is 5.82 Å². The number of aromatic amines is 1. The highest BCUT2D eigenvalue weighted by molar-refractivity contribution is 5.83. The third kappa shape index (κ3) is 6.16. The summed E-state index contributed by atoms with van der Waals surface area (Å²) in [7, 11) is 1.90. The van der Waals surface area contributed by atoms with Gasteiger partial charge in [0.15, 0.2) is 0 Å². The molecule has 38 heavy (non-hydrogen) atoms. The Bertz CT molecular complexity index is 1380. The molecular weight excluding hydrogens is 478 g/mol. The second-order valence-corrected chi connectivity index (χ2v) is 9.99. The van der Waals surface area contributed by atoms with E-state index in [1.54, 1.807) is 17.1 Å². The van der Waals surface area contributed by atoms with Crippen molar-refractivity contribution >= 4 is 11.8 Å². The molecule has 0 spiro atoms. The maximum Gasteiger partial charge on any atom is 0.224 e. The van der Waals surface area contributed by atoms with Crippen molar-refractivity contribution in [2.75, 3.05) is 0 Å². The number of amides is 2. The standard InChI is InChI=1S/C29H33N7O2/c1-36-16-13-24(35-36)20-7-9-21(10-8-20)26-18-32-28(33-26)25(5-3-2-4-6-27(30)37)34-29(38)23-17-22(23)19-11-14-31-15-12-19/h7-16,18,22-23,25H,2-6,17H2,1H3,(H2,30,37)(H,32,33)(H,34,38)/t22?,23?,25-/m0/s1. The van der Waals surface area contributed by atoms with Crippen LogP contribution in [0.4, 0.5) is 0 Å². The van der Waals surface area contributed by atoms with Crippen LogP contribution in [-0.2, 0) is 16.6 Å². The van der Waals surface area contributed by atoms with Gasteiger partial charge in [0.25, 0.3) is 0 Å². The summed E-state index contributed by atoms with van der Waals surface area (Å²) in [5.41, 5.74) is 10.3. The fourth-order valence-corrected chi connectivity index (χ4v) is 4.89. The lowest BCUT2D eigenvalue weighted by Crippen LogP contribution is -2.31. The highest BCUT2D eigenvalue weighted by atomic mass is 16.2. The molecule has 1 aliphatic rings. The Morgan fingerprint density at radius 1 is 1.08 bits per heavy atom. The van der Waals surface area contributed by atoms with Gasteiger partial charge < -0.3 is 16.0 Å². The maximum atomic E-state index is 13.2. The van der Waals surface area contributed by atoms with Gasteiger partial charge in [-0.2, -0.15) is 5.10 Å². The first kappa shape index (κ1) is 25.4. The molecular formula is C29H33N7O2. The van der Waals surface area contributed by atoms with Crippen LogP contribution < -0.4 is 11.1 Å². The molecule has 0 bridgehead atoms. The van der Waals surface area contributed by atoms with Crippen molar-refractivity contribution in [3.05, 3.63) is 78.6 Å². The van der Waals surface area contributed by atoms with Crippen LogP contribution in [0.15, 0.2) is 67.3 Å². The first-order valence-corrected chi connectivity index (χ1v) is 13.1. The van der Waals surface area contributed by atoms with E-state index in [1.807, 2.05) is 61.9 Å². The molecule has 9 heteroatoms. The zero-order valence-corrected chi connectivity index (χ0v) is 21.5. The summed E-state index contributed by atoms with van der Waals surface area (Å²) in [6.07, 6.45) is 11.7. The average molecular weight is 512 g/mol. The van der Waals surface area contributed by atoms with Gasteiger partial charge in [-0.25, -0.2) is 4.98 Å². The molecule has 0 radical (unpaired) electrons. The zero-order chi connectivity index (χ0) is 26.5. The SMILES string of the molecule is Cn1ccc(-c2ccc(-c3cnc([C@H](CCCCCC(N)=O)NC(=O)C4CC4c4ccncc4)[nH]3)cc2)n1. The van der Waals surface area contributed by atoms with Crippen molar-refractivity contribution < 1.29 is 9.59 Å². The topological polar surface area (TPSA) is 132 Å². The van der Waals surface area contributed by atoms with Crippen molar-refractivity contribution in [2.24, 2.45) is 18.7 Å². The number of aromatic nitrogens is 5.